The van der Waals surface area contributed by atoms with Gasteiger partial charge in [-0.1, -0.05) is 22.0 Å². The van der Waals surface area contributed by atoms with E-state index in [1.54, 1.807) is 6.92 Å². The summed E-state index contributed by atoms with van der Waals surface area (Å²) in [5, 5.41) is 0. The molecule has 1 atom stereocenters. The lowest BCUT2D eigenvalue weighted by Crippen LogP contribution is -2.28. The molecule has 2 rings (SSSR count). The van der Waals surface area contributed by atoms with E-state index in [1.807, 2.05) is 0 Å². The van der Waals surface area contributed by atoms with E-state index in [0.29, 0.717) is 24.2 Å². The number of nitrogens with zero attached hydrogens (tertiary/aromatic N) is 1. The SMILES string of the molecule is Cc1ccc(C(F)(F)F)cc1N1CCC(Br)C1=O. The molecule has 0 radical (unpaired) electrons. The molecule has 1 aliphatic heterocycles. The van der Waals surface area contributed by atoms with Crippen molar-refractivity contribution in [3.05, 3.63) is 29.3 Å². The van der Waals surface area contributed by atoms with Crippen molar-refractivity contribution in [1.82, 2.24) is 0 Å². The zero-order valence-corrected chi connectivity index (χ0v) is 11.2. The first-order valence-corrected chi connectivity index (χ1v) is 6.35. The first-order valence-electron chi connectivity index (χ1n) is 5.44. The third-order valence-corrected chi connectivity index (χ3v) is 3.82. The van der Waals surface area contributed by atoms with Gasteiger partial charge in [0.2, 0.25) is 5.91 Å². The Labute approximate surface area is 111 Å². The van der Waals surface area contributed by atoms with Crippen LogP contribution in [0.4, 0.5) is 18.9 Å². The van der Waals surface area contributed by atoms with Crippen molar-refractivity contribution in [2.24, 2.45) is 0 Å². The summed E-state index contributed by atoms with van der Waals surface area (Å²) < 4.78 is 37.9. The summed E-state index contributed by atoms with van der Waals surface area (Å²) in [6.45, 7) is 2.14. The fourth-order valence-electron chi connectivity index (χ4n) is 1.96. The lowest BCUT2D eigenvalue weighted by molar-refractivity contribution is -0.137. The summed E-state index contributed by atoms with van der Waals surface area (Å²) in [6.07, 6.45) is -3.78. The summed E-state index contributed by atoms with van der Waals surface area (Å²) in [6, 6.07) is 3.47. The summed E-state index contributed by atoms with van der Waals surface area (Å²) in [4.78, 5) is 12.9. The van der Waals surface area contributed by atoms with Crippen molar-refractivity contribution in [2.45, 2.75) is 24.3 Å². The van der Waals surface area contributed by atoms with E-state index in [9.17, 15) is 18.0 Å². The van der Waals surface area contributed by atoms with Gasteiger partial charge in [0.05, 0.1) is 10.4 Å². The Morgan fingerprint density at radius 3 is 2.56 bits per heavy atom. The molecule has 1 aromatic carbocycles. The maximum atomic E-state index is 12.6. The predicted molar refractivity (Wildman–Crippen MR) is 65.9 cm³/mol. The second-order valence-corrected chi connectivity index (χ2v) is 5.35. The molecule has 1 aromatic rings. The molecular weight excluding hydrogens is 311 g/mol. The number of benzene rings is 1. The predicted octanol–water partition coefficient (Wildman–Crippen LogP) is 3.51. The molecule has 0 bridgehead atoms. The average Bonchev–Trinajstić information content (AvgIpc) is 2.59. The summed E-state index contributed by atoms with van der Waals surface area (Å²) >= 11 is 3.21. The highest BCUT2D eigenvalue weighted by molar-refractivity contribution is 9.10. The summed E-state index contributed by atoms with van der Waals surface area (Å²) in [7, 11) is 0. The number of halogens is 4. The van der Waals surface area contributed by atoms with Crippen LogP contribution < -0.4 is 4.90 Å². The maximum absolute atomic E-state index is 12.6. The minimum absolute atomic E-state index is 0.183. The Bertz CT molecular complexity index is 487. The number of amides is 1. The van der Waals surface area contributed by atoms with Crippen LogP contribution >= 0.6 is 15.9 Å². The van der Waals surface area contributed by atoms with Gasteiger partial charge in [-0.05, 0) is 31.0 Å². The van der Waals surface area contributed by atoms with E-state index in [2.05, 4.69) is 15.9 Å². The lowest BCUT2D eigenvalue weighted by Gasteiger charge is -2.20. The fourth-order valence-corrected chi connectivity index (χ4v) is 2.41. The van der Waals surface area contributed by atoms with Gasteiger partial charge in [-0.3, -0.25) is 4.79 Å². The molecule has 0 saturated carbocycles. The molecule has 0 N–H and O–H groups in total. The monoisotopic (exact) mass is 321 g/mol. The van der Waals surface area contributed by atoms with E-state index in [1.165, 1.54) is 11.0 Å². The molecule has 1 saturated heterocycles. The Balaban J connectivity index is 2.42. The van der Waals surface area contributed by atoms with Crippen LogP contribution in [0.3, 0.4) is 0 Å². The van der Waals surface area contributed by atoms with Gasteiger partial charge < -0.3 is 4.90 Å². The van der Waals surface area contributed by atoms with Gasteiger partial charge in [-0.2, -0.15) is 13.2 Å². The molecule has 1 heterocycles. The van der Waals surface area contributed by atoms with Gasteiger partial charge in [0.25, 0.3) is 0 Å². The lowest BCUT2D eigenvalue weighted by atomic mass is 10.1. The van der Waals surface area contributed by atoms with Crippen LogP contribution in [0, 0.1) is 6.92 Å². The van der Waals surface area contributed by atoms with Crippen LogP contribution in [-0.4, -0.2) is 17.3 Å². The van der Waals surface area contributed by atoms with Crippen LogP contribution in [0.2, 0.25) is 0 Å². The van der Waals surface area contributed by atoms with Gasteiger partial charge >= 0.3 is 6.18 Å². The van der Waals surface area contributed by atoms with Crippen molar-refractivity contribution in [3.8, 4) is 0 Å². The van der Waals surface area contributed by atoms with E-state index in [0.717, 1.165) is 12.1 Å². The van der Waals surface area contributed by atoms with Crippen molar-refractivity contribution in [1.29, 1.82) is 0 Å². The van der Waals surface area contributed by atoms with E-state index in [4.69, 9.17) is 0 Å². The van der Waals surface area contributed by atoms with Crippen molar-refractivity contribution in [3.63, 3.8) is 0 Å². The van der Waals surface area contributed by atoms with Crippen LogP contribution in [0.25, 0.3) is 0 Å². The first-order chi connectivity index (χ1) is 8.30. The molecule has 0 spiro atoms. The van der Waals surface area contributed by atoms with Crippen molar-refractivity contribution < 1.29 is 18.0 Å². The maximum Gasteiger partial charge on any atom is 0.416 e. The van der Waals surface area contributed by atoms with Gasteiger partial charge in [-0.15, -0.1) is 0 Å². The van der Waals surface area contributed by atoms with E-state index >= 15 is 0 Å². The van der Waals surface area contributed by atoms with Gasteiger partial charge in [0.1, 0.15) is 0 Å². The molecule has 98 valence electrons. The molecule has 2 nitrogen and oxygen atoms in total. The standard InChI is InChI=1S/C12H11BrF3NO/c1-7-2-3-8(12(14,15)16)6-10(7)17-5-4-9(13)11(17)18/h2-3,6,9H,4-5H2,1H3. The van der Waals surface area contributed by atoms with Gasteiger partial charge in [-0.25, -0.2) is 0 Å². The Morgan fingerprint density at radius 2 is 2.06 bits per heavy atom. The number of carbonyl (C=O) groups is 1. The molecule has 1 fully saturated rings. The van der Waals surface area contributed by atoms with E-state index in [-0.39, 0.29) is 10.7 Å². The molecule has 0 aliphatic carbocycles. The van der Waals surface area contributed by atoms with Gasteiger partial charge in [0.15, 0.2) is 0 Å². The molecule has 1 aliphatic rings. The number of rotatable bonds is 1. The molecule has 0 aromatic heterocycles. The number of carbonyl (C=O) groups excluding carboxylic acids is 1. The van der Waals surface area contributed by atoms with Crippen LogP contribution in [0.15, 0.2) is 18.2 Å². The summed E-state index contributed by atoms with van der Waals surface area (Å²) in [5.41, 5.74) is 0.281. The number of hydrogen-bond acceptors (Lipinski definition) is 1. The summed E-state index contributed by atoms with van der Waals surface area (Å²) in [5.74, 6) is -0.183. The smallest absolute Gasteiger partial charge is 0.311 e. The normalized spacial score (nSPS) is 20.6. The van der Waals surface area contributed by atoms with Crippen molar-refractivity contribution >= 4 is 27.5 Å². The Kier molecular flexibility index (Phi) is 3.40. The zero-order valence-electron chi connectivity index (χ0n) is 9.59. The number of alkyl halides is 4. The first kappa shape index (κ1) is 13.4. The second kappa shape index (κ2) is 4.57. The molecule has 18 heavy (non-hydrogen) atoms. The second-order valence-electron chi connectivity index (χ2n) is 4.25. The topological polar surface area (TPSA) is 20.3 Å². The van der Waals surface area contributed by atoms with Crippen LogP contribution in [0.5, 0.6) is 0 Å². The molecular formula is C12H11BrF3NO. The molecule has 1 amide bonds. The minimum Gasteiger partial charge on any atom is -0.311 e. The largest absolute Gasteiger partial charge is 0.416 e. The van der Waals surface area contributed by atoms with Gasteiger partial charge in [0, 0.05) is 12.2 Å². The highest BCUT2D eigenvalue weighted by Crippen LogP contribution is 2.35. The Hall–Kier alpha value is -1.04. The quantitative estimate of drug-likeness (QED) is 0.725. The average molecular weight is 322 g/mol. The highest BCUT2D eigenvalue weighted by Gasteiger charge is 2.34. The van der Waals surface area contributed by atoms with E-state index < -0.39 is 11.7 Å². The highest BCUT2D eigenvalue weighted by atomic mass is 79.9. The third-order valence-electron chi connectivity index (χ3n) is 2.97. The van der Waals surface area contributed by atoms with Crippen molar-refractivity contribution in [2.75, 3.05) is 11.4 Å². The number of aryl methyl sites for hydroxylation is 1. The number of anilines is 1. The van der Waals surface area contributed by atoms with Crippen LogP contribution in [0.1, 0.15) is 17.5 Å². The van der Waals surface area contributed by atoms with Crippen LogP contribution in [-0.2, 0) is 11.0 Å². The molecule has 6 heteroatoms. The fraction of sp³-hybridized carbons (Fsp3) is 0.417. The number of hydrogen-bond donors (Lipinski definition) is 0. The Morgan fingerprint density at radius 1 is 1.39 bits per heavy atom. The molecule has 1 unspecified atom stereocenters. The third kappa shape index (κ3) is 2.39. The zero-order chi connectivity index (χ0) is 13.5. The minimum atomic E-state index is -4.39.